The molecular weight excluding hydrogens is 350 g/mol. The van der Waals surface area contributed by atoms with Crippen molar-refractivity contribution in [3.05, 3.63) is 60.2 Å². The summed E-state index contributed by atoms with van der Waals surface area (Å²) in [5.41, 5.74) is 1.78. The third-order valence-corrected chi connectivity index (χ3v) is 4.40. The van der Waals surface area contributed by atoms with Crippen LogP contribution in [0.4, 0.5) is 5.13 Å². The zero-order valence-corrected chi connectivity index (χ0v) is 15.1. The van der Waals surface area contributed by atoms with E-state index < -0.39 is 0 Å². The Balaban J connectivity index is 1.70. The molecule has 0 atom stereocenters. The van der Waals surface area contributed by atoms with Crippen LogP contribution in [-0.4, -0.2) is 30.3 Å². The number of ether oxygens (including phenoxy) is 2. The molecule has 0 spiro atoms. The molecular formula is C19H17N3O3S. The predicted octanol–water partition coefficient (Wildman–Crippen LogP) is 3.87. The smallest absolute Gasteiger partial charge is 0.250 e. The lowest BCUT2D eigenvalue weighted by atomic mass is 10.2. The Morgan fingerprint density at radius 3 is 2.54 bits per heavy atom. The SMILES string of the molecule is COc1ccc(-c2nnc(NC(=O)/C=C\c3ccccc3)s2)cc1OC. The van der Waals surface area contributed by atoms with Gasteiger partial charge in [-0.2, -0.15) is 0 Å². The number of aromatic nitrogens is 2. The molecule has 1 amide bonds. The highest BCUT2D eigenvalue weighted by molar-refractivity contribution is 7.18. The normalized spacial score (nSPS) is 10.7. The number of hydrogen-bond donors (Lipinski definition) is 1. The molecule has 7 heteroatoms. The minimum atomic E-state index is -0.260. The first-order valence-corrected chi connectivity index (χ1v) is 8.61. The lowest BCUT2D eigenvalue weighted by Gasteiger charge is -2.07. The molecule has 0 fully saturated rings. The Bertz CT molecular complexity index is 923. The Kier molecular flexibility index (Phi) is 5.60. The molecule has 3 aromatic rings. The molecule has 0 aliphatic heterocycles. The number of carbonyl (C=O) groups is 1. The maximum Gasteiger partial charge on any atom is 0.250 e. The van der Waals surface area contributed by atoms with Gasteiger partial charge in [0.25, 0.3) is 0 Å². The summed E-state index contributed by atoms with van der Waals surface area (Å²) in [5, 5.41) is 12.0. The van der Waals surface area contributed by atoms with Crippen molar-refractivity contribution in [2.75, 3.05) is 19.5 Å². The van der Waals surface area contributed by atoms with Gasteiger partial charge in [0.05, 0.1) is 14.2 Å². The van der Waals surface area contributed by atoms with Gasteiger partial charge >= 0.3 is 0 Å². The molecule has 26 heavy (non-hydrogen) atoms. The topological polar surface area (TPSA) is 73.3 Å². The van der Waals surface area contributed by atoms with Crippen molar-refractivity contribution in [2.24, 2.45) is 0 Å². The van der Waals surface area contributed by atoms with Gasteiger partial charge in [0.1, 0.15) is 5.01 Å². The Morgan fingerprint density at radius 2 is 1.81 bits per heavy atom. The average Bonchev–Trinajstić information content (AvgIpc) is 3.15. The van der Waals surface area contributed by atoms with Crippen LogP contribution in [0.15, 0.2) is 54.6 Å². The largest absolute Gasteiger partial charge is 0.493 e. The first kappa shape index (κ1) is 17.6. The fourth-order valence-electron chi connectivity index (χ4n) is 2.24. The zero-order valence-electron chi connectivity index (χ0n) is 14.3. The second-order valence-corrected chi connectivity index (χ2v) is 6.19. The molecule has 3 rings (SSSR count). The van der Waals surface area contributed by atoms with Gasteiger partial charge in [0.15, 0.2) is 11.5 Å². The summed E-state index contributed by atoms with van der Waals surface area (Å²) in [4.78, 5) is 12.0. The molecule has 1 heterocycles. The molecule has 0 bridgehead atoms. The molecule has 0 saturated heterocycles. The van der Waals surface area contributed by atoms with Crippen LogP contribution in [0.25, 0.3) is 16.6 Å². The molecule has 0 aliphatic carbocycles. The number of nitrogens with one attached hydrogen (secondary N) is 1. The maximum atomic E-state index is 12.0. The number of nitrogens with zero attached hydrogens (tertiary/aromatic N) is 2. The number of rotatable bonds is 6. The summed E-state index contributed by atoms with van der Waals surface area (Å²) >= 11 is 1.28. The van der Waals surface area contributed by atoms with Gasteiger partial charge in [0, 0.05) is 11.6 Å². The van der Waals surface area contributed by atoms with Crippen LogP contribution < -0.4 is 14.8 Å². The van der Waals surface area contributed by atoms with Gasteiger partial charge in [-0.1, -0.05) is 41.7 Å². The van der Waals surface area contributed by atoms with Gasteiger partial charge in [-0.3, -0.25) is 10.1 Å². The van der Waals surface area contributed by atoms with Gasteiger partial charge in [-0.15, -0.1) is 10.2 Å². The Morgan fingerprint density at radius 1 is 1.04 bits per heavy atom. The van der Waals surface area contributed by atoms with E-state index in [1.807, 2.05) is 42.5 Å². The van der Waals surface area contributed by atoms with Crippen molar-refractivity contribution in [3.8, 4) is 22.1 Å². The standard InChI is InChI=1S/C19H17N3O3S/c1-24-15-10-9-14(12-16(15)25-2)18-21-22-19(26-18)20-17(23)11-8-13-6-4-3-5-7-13/h3-12H,1-2H3,(H,20,22,23)/b11-8-. The second kappa shape index (κ2) is 8.26. The first-order valence-electron chi connectivity index (χ1n) is 7.79. The summed E-state index contributed by atoms with van der Waals surface area (Å²) in [5.74, 6) is 0.987. The summed E-state index contributed by atoms with van der Waals surface area (Å²) < 4.78 is 10.5. The number of carbonyl (C=O) groups excluding carboxylic acids is 1. The maximum absolute atomic E-state index is 12.0. The van der Waals surface area contributed by atoms with Crippen molar-refractivity contribution in [3.63, 3.8) is 0 Å². The van der Waals surface area contributed by atoms with E-state index in [9.17, 15) is 4.79 Å². The lowest BCUT2D eigenvalue weighted by molar-refractivity contribution is -0.111. The van der Waals surface area contributed by atoms with E-state index in [1.165, 1.54) is 17.4 Å². The summed E-state index contributed by atoms with van der Waals surface area (Å²) in [6.45, 7) is 0. The molecule has 0 aliphatic rings. The average molecular weight is 367 g/mol. The van der Waals surface area contributed by atoms with Gasteiger partial charge in [-0.25, -0.2) is 0 Å². The lowest BCUT2D eigenvalue weighted by Crippen LogP contribution is -2.07. The van der Waals surface area contributed by atoms with E-state index in [4.69, 9.17) is 9.47 Å². The van der Waals surface area contributed by atoms with Crippen LogP contribution in [0.1, 0.15) is 5.56 Å². The van der Waals surface area contributed by atoms with Crippen molar-refractivity contribution in [1.29, 1.82) is 0 Å². The molecule has 6 nitrogen and oxygen atoms in total. The molecule has 1 aromatic heterocycles. The minimum Gasteiger partial charge on any atom is -0.493 e. The third-order valence-electron chi connectivity index (χ3n) is 3.51. The summed E-state index contributed by atoms with van der Waals surface area (Å²) in [6, 6.07) is 15.1. The molecule has 1 N–H and O–H groups in total. The van der Waals surface area contributed by atoms with Crippen LogP contribution in [0, 0.1) is 0 Å². The summed E-state index contributed by atoms with van der Waals surface area (Å²) in [7, 11) is 3.16. The molecule has 0 radical (unpaired) electrons. The van der Waals surface area contributed by atoms with Crippen molar-refractivity contribution in [2.45, 2.75) is 0 Å². The van der Waals surface area contributed by atoms with Crippen LogP contribution >= 0.6 is 11.3 Å². The van der Waals surface area contributed by atoms with E-state index in [1.54, 1.807) is 26.4 Å². The van der Waals surface area contributed by atoms with Crippen molar-refractivity contribution < 1.29 is 14.3 Å². The fourth-order valence-corrected chi connectivity index (χ4v) is 2.99. The number of methoxy groups -OCH3 is 2. The fraction of sp³-hybridized carbons (Fsp3) is 0.105. The second-order valence-electron chi connectivity index (χ2n) is 5.22. The third kappa shape index (κ3) is 4.25. The van der Waals surface area contributed by atoms with E-state index in [2.05, 4.69) is 15.5 Å². The van der Waals surface area contributed by atoms with Gasteiger partial charge in [-0.05, 0) is 29.8 Å². The first-order chi connectivity index (χ1) is 12.7. The highest BCUT2D eigenvalue weighted by Crippen LogP contribution is 2.34. The van der Waals surface area contributed by atoms with Crippen LogP contribution in [0.3, 0.4) is 0 Å². The van der Waals surface area contributed by atoms with Crippen LogP contribution in [0.5, 0.6) is 11.5 Å². The predicted molar refractivity (Wildman–Crippen MR) is 103 cm³/mol. The van der Waals surface area contributed by atoms with E-state index in [-0.39, 0.29) is 5.91 Å². The van der Waals surface area contributed by atoms with Crippen molar-refractivity contribution >= 4 is 28.5 Å². The molecule has 0 unspecified atom stereocenters. The Labute approximate surface area is 155 Å². The van der Waals surface area contributed by atoms with Crippen molar-refractivity contribution in [1.82, 2.24) is 10.2 Å². The number of benzene rings is 2. The van der Waals surface area contributed by atoms with E-state index in [0.29, 0.717) is 21.6 Å². The zero-order chi connectivity index (χ0) is 18.4. The molecule has 132 valence electrons. The number of hydrogen-bond acceptors (Lipinski definition) is 6. The highest BCUT2D eigenvalue weighted by atomic mass is 32.1. The van der Waals surface area contributed by atoms with Gasteiger partial charge < -0.3 is 9.47 Å². The quantitative estimate of drug-likeness (QED) is 0.670. The molecule has 0 saturated carbocycles. The van der Waals surface area contributed by atoms with Gasteiger partial charge in [0.2, 0.25) is 11.0 Å². The monoisotopic (exact) mass is 367 g/mol. The minimum absolute atomic E-state index is 0.260. The Hall–Kier alpha value is -3.19. The highest BCUT2D eigenvalue weighted by Gasteiger charge is 2.11. The number of amides is 1. The molecule has 2 aromatic carbocycles. The van der Waals surface area contributed by atoms with Crippen LogP contribution in [-0.2, 0) is 4.79 Å². The van der Waals surface area contributed by atoms with E-state index in [0.717, 1.165) is 11.1 Å². The summed E-state index contributed by atoms with van der Waals surface area (Å²) in [6.07, 6.45) is 3.21. The van der Waals surface area contributed by atoms with E-state index >= 15 is 0 Å². The van der Waals surface area contributed by atoms with Crippen LogP contribution in [0.2, 0.25) is 0 Å². The number of anilines is 1.